The SMILES string of the molecule is Cc1ccc(CNCc2nccn2C)cc1. The third-order valence-corrected chi connectivity index (χ3v) is 2.65. The Morgan fingerprint density at radius 2 is 1.94 bits per heavy atom. The Kier molecular flexibility index (Phi) is 3.37. The molecule has 0 aliphatic heterocycles. The first-order valence-electron chi connectivity index (χ1n) is 5.48. The number of hydrogen-bond donors (Lipinski definition) is 1. The van der Waals surface area contributed by atoms with E-state index in [2.05, 4.69) is 41.5 Å². The zero-order valence-corrected chi connectivity index (χ0v) is 9.77. The zero-order valence-electron chi connectivity index (χ0n) is 9.77. The molecule has 2 rings (SSSR count). The molecule has 1 N–H and O–H groups in total. The van der Waals surface area contributed by atoms with E-state index in [1.165, 1.54) is 11.1 Å². The molecule has 0 spiro atoms. The maximum absolute atomic E-state index is 4.26. The van der Waals surface area contributed by atoms with E-state index in [0.29, 0.717) is 0 Å². The van der Waals surface area contributed by atoms with Crippen LogP contribution in [0, 0.1) is 6.92 Å². The van der Waals surface area contributed by atoms with Crippen LogP contribution in [0.5, 0.6) is 0 Å². The predicted octanol–water partition coefficient (Wildman–Crippen LogP) is 2.02. The van der Waals surface area contributed by atoms with E-state index in [1.807, 2.05) is 24.0 Å². The number of nitrogens with one attached hydrogen (secondary N) is 1. The van der Waals surface area contributed by atoms with Crippen LogP contribution in [-0.2, 0) is 20.1 Å². The number of hydrogen-bond acceptors (Lipinski definition) is 2. The third kappa shape index (κ3) is 2.70. The molecule has 1 aromatic carbocycles. The molecule has 0 atom stereocenters. The molecule has 1 aromatic heterocycles. The first kappa shape index (κ1) is 10.9. The van der Waals surface area contributed by atoms with Crippen LogP contribution in [0.25, 0.3) is 0 Å². The van der Waals surface area contributed by atoms with Crippen LogP contribution in [0.15, 0.2) is 36.7 Å². The van der Waals surface area contributed by atoms with Crippen molar-refractivity contribution in [2.75, 3.05) is 0 Å². The second-order valence-electron chi connectivity index (χ2n) is 4.04. The van der Waals surface area contributed by atoms with E-state index < -0.39 is 0 Å². The number of rotatable bonds is 4. The van der Waals surface area contributed by atoms with Crippen molar-refractivity contribution in [1.82, 2.24) is 14.9 Å². The van der Waals surface area contributed by atoms with Crippen LogP contribution >= 0.6 is 0 Å². The highest BCUT2D eigenvalue weighted by atomic mass is 15.1. The van der Waals surface area contributed by atoms with Crippen molar-refractivity contribution in [3.63, 3.8) is 0 Å². The van der Waals surface area contributed by atoms with Gasteiger partial charge in [0.05, 0.1) is 6.54 Å². The van der Waals surface area contributed by atoms with Gasteiger partial charge in [-0.3, -0.25) is 0 Å². The topological polar surface area (TPSA) is 29.9 Å². The Morgan fingerprint density at radius 1 is 1.19 bits per heavy atom. The number of nitrogens with zero attached hydrogens (tertiary/aromatic N) is 2. The maximum Gasteiger partial charge on any atom is 0.122 e. The third-order valence-electron chi connectivity index (χ3n) is 2.65. The van der Waals surface area contributed by atoms with Gasteiger partial charge in [0.25, 0.3) is 0 Å². The number of imidazole rings is 1. The average molecular weight is 215 g/mol. The minimum atomic E-state index is 0.803. The van der Waals surface area contributed by atoms with Gasteiger partial charge in [-0.05, 0) is 12.5 Å². The van der Waals surface area contributed by atoms with Gasteiger partial charge in [-0.25, -0.2) is 4.98 Å². The Labute approximate surface area is 96.1 Å². The van der Waals surface area contributed by atoms with Crippen molar-refractivity contribution in [2.24, 2.45) is 7.05 Å². The van der Waals surface area contributed by atoms with Crippen LogP contribution < -0.4 is 5.32 Å². The Balaban J connectivity index is 1.84. The lowest BCUT2D eigenvalue weighted by Gasteiger charge is -2.05. The summed E-state index contributed by atoms with van der Waals surface area (Å²) in [6.45, 7) is 3.79. The van der Waals surface area contributed by atoms with E-state index in [1.54, 1.807) is 0 Å². The van der Waals surface area contributed by atoms with Crippen LogP contribution in [0.1, 0.15) is 17.0 Å². The lowest BCUT2D eigenvalue weighted by Crippen LogP contribution is -2.15. The summed E-state index contributed by atoms with van der Waals surface area (Å²) >= 11 is 0. The summed E-state index contributed by atoms with van der Waals surface area (Å²) in [6, 6.07) is 8.58. The molecular formula is C13H17N3. The van der Waals surface area contributed by atoms with Gasteiger partial charge in [0.2, 0.25) is 0 Å². The molecule has 0 aliphatic carbocycles. The lowest BCUT2D eigenvalue weighted by molar-refractivity contribution is 0.639. The fraction of sp³-hybridized carbons (Fsp3) is 0.308. The summed E-state index contributed by atoms with van der Waals surface area (Å²) in [4.78, 5) is 4.26. The van der Waals surface area contributed by atoms with Crippen molar-refractivity contribution >= 4 is 0 Å². The molecule has 0 radical (unpaired) electrons. The number of aryl methyl sites for hydroxylation is 2. The minimum Gasteiger partial charge on any atom is -0.337 e. The minimum absolute atomic E-state index is 0.803. The molecule has 0 saturated carbocycles. The number of benzene rings is 1. The summed E-state index contributed by atoms with van der Waals surface area (Å²) in [6.07, 6.45) is 3.78. The molecule has 84 valence electrons. The Morgan fingerprint density at radius 3 is 2.56 bits per heavy atom. The molecule has 1 heterocycles. The van der Waals surface area contributed by atoms with Gasteiger partial charge in [-0.1, -0.05) is 29.8 Å². The number of aromatic nitrogens is 2. The summed E-state index contributed by atoms with van der Waals surface area (Å²) in [5.41, 5.74) is 2.60. The van der Waals surface area contributed by atoms with Gasteiger partial charge >= 0.3 is 0 Å². The maximum atomic E-state index is 4.26. The molecule has 0 saturated heterocycles. The normalized spacial score (nSPS) is 10.6. The second kappa shape index (κ2) is 4.94. The first-order valence-corrected chi connectivity index (χ1v) is 5.48. The average Bonchev–Trinajstić information content (AvgIpc) is 2.68. The quantitative estimate of drug-likeness (QED) is 0.845. The van der Waals surface area contributed by atoms with Crippen LogP contribution in [0.2, 0.25) is 0 Å². The van der Waals surface area contributed by atoms with Gasteiger partial charge in [0.1, 0.15) is 5.82 Å². The van der Waals surface area contributed by atoms with E-state index in [-0.39, 0.29) is 0 Å². The van der Waals surface area contributed by atoms with Crippen LogP contribution in [-0.4, -0.2) is 9.55 Å². The van der Waals surface area contributed by atoms with E-state index >= 15 is 0 Å². The van der Waals surface area contributed by atoms with Crippen LogP contribution in [0.3, 0.4) is 0 Å². The Hall–Kier alpha value is -1.61. The summed E-state index contributed by atoms with van der Waals surface area (Å²) in [7, 11) is 2.01. The molecule has 2 aromatic rings. The molecule has 16 heavy (non-hydrogen) atoms. The van der Waals surface area contributed by atoms with Crippen molar-refractivity contribution in [3.05, 3.63) is 53.6 Å². The largest absolute Gasteiger partial charge is 0.337 e. The van der Waals surface area contributed by atoms with Gasteiger partial charge in [-0.15, -0.1) is 0 Å². The molecule has 0 aliphatic rings. The fourth-order valence-electron chi connectivity index (χ4n) is 1.59. The molecular weight excluding hydrogens is 198 g/mol. The predicted molar refractivity (Wildman–Crippen MR) is 64.9 cm³/mol. The highest BCUT2D eigenvalue weighted by molar-refractivity contribution is 5.21. The molecule has 0 fully saturated rings. The van der Waals surface area contributed by atoms with Crippen molar-refractivity contribution in [1.29, 1.82) is 0 Å². The molecule has 0 amide bonds. The van der Waals surface area contributed by atoms with E-state index in [0.717, 1.165) is 18.9 Å². The second-order valence-corrected chi connectivity index (χ2v) is 4.04. The molecule has 0 bridgehead atoms. The zero-order chi connectivity index (χ0) is 11.4. The van der Waals surface area contributed by atoms with Gasteiger partial charge in [-0.2, -0.15) is 0 Å². The summed E-state index contributed by atoms with van der Waals surface area (Å²) in [5.74, 6) is 1.06. The van der Waals surface area contributed by atoms with Crippen molar-refractivity contribution in [3.8, 4) is 0 Å². The van der Waals surface area contributed by atoms with Crippen molar-refractivity contribution in [2.45, 2.75) is 20.0 Å². The molecule has 3 heteroatoms. The van der Waals surface area contributed by atoms with Gasteiger partial charge in [0.15, 0.2) is 0 Å². The van der Waals surface area contributed by atoms with E-state index in [4.69, 9.17) is 0 Å². The van der Waals surface area contributed by atoms with Gasteiger partial charge in [0, 0.05) is 26.0 Å². The summed E-state index contributed by atoms with van der Waals surface area (Å²) in [5, 5.41) is 3.38. The molecule has 0 unspecified atom stereocenters. The van der Waals surface area contributed by atoms with E-state index in [9.17, 15) is 0 Å². The Bertz CT molecular complexity index is 442. The lowest BCUT2D eigenvalue weighted by atomic mass is 10.1. The first-order chi connectivity index (χ1) is 7.75. The smallest absolute Gasteiger partial charge is 0.122 e. The highest BCUT2D eigenvalue weighted by Gasteiger charge is 1.98. The fourth-order valence-corrected chi connectivity index (χ4v) is 1.59. The van der Waals surface area contributed by atoms with Crippen molar-refractivity contribution < 1.29 is 0 Å². The van der Waals surface area contributed by atoms with Crippen LogP contribution in [0.4, 0.5) is 0 Å². The standard InChI is InChI=1S/C13H17N3/c1-11-3-5-12(6-4-11)9-14-10-13-15-7-8-16(13)2/h3-8,14H,9-10H2,1-2H3. The van der Waals surface area contributed by atoms with Gasteiger partial charge < -0.3 is 9.88 Å². The molecule has 3 nitrogen and oxygen atoms in total. The summed E-state index contributed by atoms with van der Waals surface area (Å²) < 4.78 is 2.03. The highest BCUT2D eigenvalue weighted by Crippen LogP contribution is 2.03. The monoisotopic (exact) mass is 215 g/mol.